The third-order valence-electron chi connectivity index (χ3n) is 3.90. The zero-order valence-corrected chi connectivity index (χ0v) is 14.1. The van der Waals surface area contributed by atoms with Crippen LogP contribution in [0.15, 0.2) is 29.2 Å². The molecule has 1 saturated heterocycles. The molecule has 1 aliphatic heterocycles. The lowest BCUT2D eigenvalue weighted by Crippen LogP contribution is -2.42. The van der Waals surface area contributed by atoms with E-state index in [-0.39, 0.29) is 29.8 Å². The van der Waals surface area contributed by atoms with Gasteiger partial charge in [-0.25, -0.2) is 8.42 Å². The van der Waals surface area contributed by atoms with Crippen molar-refractivity contribution >= 4 is 21.8 Å². The lowest BCUT2D eigenvalue weighted by molar-refractivity contribution is -0.149. The van der Waals surface area contributed by atoms with Gasteiger partial charge in [0.05, 0.1) is 17.4 Å². The molecule has 126 valence electrons. The van der Waals surface area contributed by atoms with Crippen molar-refractivity contribution in [2.75, 3.05) is 19.7 Å². The molecular formula is C16H21NO5S. The van der Waals surface area contributed by atoms with Crippen LogP contribution in [0.3, 0.4) is 0 Å². The fraction of sp³-hybridized carbons (Fsp3) is 0.500. The topological polar surface area (TPSA) is 80.8 Å². The molecule has 1 aromatic carbocycles. The quantitative estimate of drug-likeness (QED) is 0.604. The summed E-state index contributed by atoms with van der Waals surface area (Å²) in [5, 5.41) is 0. The summed E-state index contributed by atoms with van der Waals surface area (Å²) in [5.74, 6) is -0.886. The molecule has 0 aliphatic carbocycles. The van der Waals surface area contributed by atoms with E-state index in [1.807, 2.05) is 0 Å². The molecule has 0 radical (unpaired) electrons. The zero-order valence-electron chi connectivity index (χ0n) is 13.3. The van der Waals surface area contributed by atoms with Crippen LogP contribution >= 0.6 is 0 Å². The highest BCUT2D eigenvalue weighted by Gasteiger charge is 2.33. The lowest BCUT2D eigenvalue weighted by atomic mass is 10.0. The molecule has 6 nitrogen and oxygen atoms in total. The van der Waals surface area contributed by atoms with Crippen LogP contribution in [0.4, 0.5) is 0 Å². The Morgan fingerprint density at radius 3 is 2.48 bits per heavy atom. The number of hydrogen-bond acceptors (Lipinski definition) is 5. The maximum atomic E-state index is 12.7. The zero-order chi connectivity index (χ0) is 17.0. The minimum absolute atomic E-state index is 0.116. The van der Waals surface area contributed by atoms with Crippen LogP contribution in [-0.4, -0.2) is 44.2 Å². The third kappa shape index (κ3) is 3.97. The van der Waals surface area contributed by atoms with Gasteiger partial charge in [0.2, 0.25) is 10.0 Å². The van der Waals surface area contributed by atoms with Crippen LogP contribution in [0.1, 0.15) is 37.0 Å². The van der Waals surface area contributed by atoms with Crippen LogP contribution in [0.5, 0.6) is 0 Å². The van der Waals surface area contributed by atoms with E-state index >= 15 is 0 Å². The molecule has 0 unspecified atom stereocenters. The number of carbonyl (C=O) groups excluding carboxylic acids is 2. The molecule has 0 spiro atoms. The molecule has 7 heteroatoms. The van der Waals surface area contributed by atoms with Crippen molar-refractivity contribution in [1.82, 2.24) is 4.31 Å². The van der Waals surface area contributed by atoms with E-state index in [1.54, 1.807) is 6.92 Å². The standard InChI is InChI=1S/C16H21NO5S/c1-3-22-16(19)14-5-4-10-17(11-14)23(20,21)15-8-6-13(7-9-15)12(2)18/h6-9,14H,3-5,10-11H2,1-2H3/t14-/m0/s1. The van der Waals surface area contributed by atoms with E-state index in [9.17, 15) is 18.0 Å². The Morgan fingerprint density at radius 1 is 1.26 bits per heavy atom. The van der Waals surface area contributed by atoms with Crippen LogP contribution < -0.4 is 0 Å². The maximum absolute atomic E-state index is 12.7. The van der Waals surface area contributed by atoms with Gasteiger partial charge in [-0.3, -0.25) is 9.59 Å². The summed E-state index contributed by atoms with van der Waals surface area (Å²) in [7, 11) is -3.67. The van der Waals surface area contributed by atoms with E-state index in [2.05, 4.69) is 0 Å². The number of Topliss-reactive ketones (excluding diaryl/α,β-unsaturated/α-hetero) is 1. The fourth-order valence-corrected chi connectivity index (χ4v) is 4.15. The first-order valence-electron chi connectivity index (χ1n) is 7.64. The van der Waals surface area contributed by atoms with E-state index in [0.29, 0.717) is 24.9 Å². The largest absolute Gasteiger partial charge is 0.466 e. The summed E-state index contributed by atoms with van der Waals surface area (Å²) in [6.45, 7) is 3.96. The number of rotatable bonds is 5. The van der Waals surface area contributed by atoms with Gasteiger partial charge in [0.25, 0.3) is 0 Å². The number of piperidine rings is 1. The van der Waals surface area contributed by atoms with Crippen molar-refractivity contribution in [3.63, 3.8) is 0 Å². The molecule has 0 aromatic heterocycles. The molecule has 1 atom stereocenters. The van der Waals surface area contributed by atoms with Crippen LogP contribution in [-0.2, 0) is 19.6 Å². The minimum atomic E-state index is -3.67. The van der Waals surface area contributed by atoms with Gasteiger partial charge in [0.1, 0.15) is 0 Å². The molecule has 1 heterocycles. The number of nitrogens with zero attached hydrogens (tertiary/aromatic N) is 1. The second-order valence-electron chi connectivity index (χ2n) is 5.53. The average molecular weight is 339 g/mol. The monoisotopic (exact) mass is 339 g/mol. The molecule has 0 bridgehead atoms. The number of carbonyl (C=O) groups is 2. The van der Waals surface area contributed by atoms with Crippen LogP contribution in [0.25, 0.3) is 0 Å². The minimum Gasteiger partial charge on any atom is -0.466 e. The fourth-order valence-electron chi connectivity index (χ4n) is 2.62. The van der Waals surface area contributed by atoms with Gasteiger partial charge in [-0.05, 0) is 38.8 Å². The Morgan fingerprint density at radius 2 is 1.91 bits per heavy atom. The third-order valence-corrected chi connectivity index (χ3v) is 5.78. The number of ketones is 1. The highest BCUT2D eigenvalue weighted by molar-refractivity contribution is 7.89. The first kappa shape index (κ1) is 17.6. The Hall–Kier alpha value is -1.73. The first-order valence-corrected chi connectivity index (χ1v) is 9.08. The van der Waals surface area contributed by atoms with Gasteiger partial charge in [-0.2, -0.15) is 4.31 Å². The summed E-state index contributed by atoms with van der Waals surface area (Å²) in [4.78, 5) is 23.3. The predicted molar refractivity (Wildman–Crippen MR) is 84.6 cm³/mol. The number of hydrogen-bond donors (Lipinski definition) is 0. The predicted octanol–water partition coefficient (Wildman–Crippen LogP) is 1.85. The van der Waals surface area contributed by atoms with Gasteiger partial charge < -0.3 is 4.74 Å². The van der Waals surface area contributed by atoms with Gasteiger partial charge >= 0.3 is 5.97 Å². The normalized spacial score (nSPS) is 19.3. The van der Waals surface area contributed by atoms with Crippen molar-refractivity contribution < 1.29 is 22.7 Å². The smallest absolute Gasteiger partial charge is 0.310 e. The molecule has 0 N–H and O–H groups in total. The van der Waals surface area contributed by atoms with Crippen LogP contribution in [0, 0.1) is 5.92 Å². The molecule has 1 aromatic rings. The molecule has 0 saturated carbocycles. The Labute approximate surface area is 136 Å². The molecular weight excluding hydrogens is 318 g/mol. The molecule has 1 aliphatic rings. The van der Waals surface area contributed by atoms with Gasteiger partial charge in [-0.15, -0.1) is 0 Å². The second kappa shape index (κ2) is 7.23. The summed E-state index contributed by atoms with van der Waals surface area (Å²) in [6, 6.07) is 5.87. The van der Waals surface area contributed by atoms with Crippen molar-refractivity contribution in [2.45, 2.75) is 31.6 Å². The average Bonchev–Trinajstić information content (AvgIpc) is 2.55. The molecule has 0 amide bonds. The van der Waals surface area contributed by atoms with E-state index < -0.39 is 15.9 Å². The van der Waals surface area contributed by atoms with Gasteiger partial charge in [-0.1, -0.05) is 12.1 Å². The highest BCUT2D eigenvalue weighted by atomic mass is 32.2. The number of ether oxygens (including phenoxy) is 1. The van der Waals surface area contributed by atoms with Crippen molar-refractivity contribution in [2.24, 2.45) is 5.92 Å². The Bertz CT molecular complexity index is 681. The van der Waals surface area contributed by atoms with Crippen LogP contribution in [0.2, 0.25) is 0 Å². The number of esters is 1. The second-order valence-corrected chi connectivity index (χ2v) is 7.47. The SMILES string of the molecule is CCOC(=O)[C@H]1CCCN(S(=O)(=O)c2ccc(C(C)=O)cc2)C1. The van der Waals surface area contributed by atoms with E-state index in [1.165, 1.54) is 35.5 Å². The molecule has 23 heavy (non-hydrogen) atoms. The lowest BCUT2D eigenvalue weighted by Gasteiger charge is -2.30. The Balaban J connectivity index is 2.18. The summed E-state index contributed by atoms with van der Waals surface area (Å²) >= 11 is 0. The van der Waals surface area contributed by atoms with Gasteiger partial charge in [0, 0.05) is 18.7 Å². The van der Waals surface area contributed by atoms with Crippen molar-refractivity contribution in [1.29, 1.82) is 0 Å². The van der Waals surface area contributed by atoms with E-state index in [4.69, 9.17) is 4.74 Å². The maximum Gasteiger partial charge on any atom is 0.310 e. The van der Waals surface area contributed by atoms with E-state index in [0.717, 1.165) is 0 Å². The number of benzene rings is 1. The van der Waals surface area contributed by atoms with Gasteiger partial charge in [0.15, 0.2) is 5.78 Å². The molecule has 2 rings (SSSR count). The summed E-state index contributed by atoms with van der Waals surface area (Å²) in [6.07, 6.45) is 1.25. The van der Waals surface area contributed by atoms with Crippen molar-refractivity contribution in [3.05, 3.63) is 29.8 Å². The number of sulfonamides is 1. The highest BCUT2D eigenvalue weighted by Crippen LogP contribution is 2.24. The summed E-state index contributed by atoms with van der Waals surface area (Å²) < 4.78 is 31.7. The Kier molecular flexibility index (Phi) is 5.54. The summed E-state index contributed by atoms with van der Waals surface area (Å²) in [5.41, 5.74) is 0.465. The first-order chi connectivity index (χ1) is 10.9. The van der Waals surface area contributed by atoms with Crippen molar-refractivity contribution in [3.8, 4) is 0 Å². The molecule has 1 fully saturated rings.